The lowest BCUT2D eigenvalue weighted by molar-refractivity contribution is -0.122. The van der Waals surface area contributed by atoms with Crippen molar-refractivity contribution in [2.45, 2.75) is 63.1 Å². The van der Waals surface area contributed by atoms with Crippen molar-refractivity contribution >= 4 is 52.5 Å². The summed E-state index contributed by atoms with van der Waals surface area (Å²) in [6.45, 7) is 5.24. The number of morpholine rings is 1. The minimum Gasteiger partial charge on any atom is -0.374 e. The number of hydrogen-bond acceptors (Lipinski definition) is 12. The van der Waals surface area contributed by atoms with Crippen LogP contribution in [0.4, 0.5) is 30.8 Å². The molecule has 8 heterocycles. The molecule has 1 aliphatic carbocycles. The summed E-state index contributed by atoms with van der Waals surface area (Å²) in [5, 5.41) is 15.2. The Labute approximate surface area is 336 Å². The molecule has 308 valence electrons. The van der Waals surface area contributed by atoms with Gasteiger partial charge in [0.1, 0.15) is 11.4 Å². The van der Waals surface area contributed by atoms with Crippen LogP contribution in [0.3, 0.4) is 0 Å². The predicted octanol–water partition coefficient (Wildman–Crippen LogP) is 3.10. The molecule has 2 N–H and O–H groups in total. The van der Waals surface area contributed by atoms with E-state index in [4.69, 9.17) is 9.72 Å². The zero-order valence-electron chi connectivity index (χ0n) is 32.0. The molecule has 5 aliphatic heterocycles. The molecule has 1 saturated carbocycles. The molecule has 10 rings (SSSR count). The van der Waals surface area contributed by atoms with E-state index in [2.05, 4.69) is 35.5 Å². The van der Waals surface area contributed by atoms with Crippen LogP contribution in [-0.2, 0) is 9.53 Å². The zero-order chi connectivity index (χ0) is 40.5. The van der Waals surface area contributed by atoms with Crippen LogP contribution in [0.1, 0.15) is 87.8 Å². The summed E-state index contributed by atoms with van der Waals surface area (Å²) in [6.07, 6.45) is 6.20. The maximum atomic E-state index is 14.3. The molecule has 2 atom stereocenters. The molecule has 59 heavy (non-hydrogen) atoms. The van der Waals surface area contributed by atoms with E-state index in [1.807, 2.05) is 12.1 Å². The number of anilines is 3. The van der Waals surface area contributed by atoms with Crippen LogP contribution in [0, 0.1) is 5.92 Å². The first kappa shape index (κ1) is 37.3. The van der Waals surface area contributed by atoms with Gasteiger partial charge < -0.3 is 19.9 Å². The second-order valence-electron chi connectivity index (χ2n) is 16.1. The molecule has 5 fully saturated rings. The number of carbonyl (C=O) groups excluding carboxylic acids is 5. The number of urea groups is 1. The van der Waals surface area contributed by atoms with Crippen molar-refractivity contribution in [2.24, 2.45) is 5.92 Å². The van der Waals surface area contributed by atoms with Crippen LogP contribution in [0.2, 0.25) is 0 Å². The predicted molar refractivity (Wildman–Crippen MR) is 205 cm³/mol. The van der Waals surface area contributed by atoms with Crippen LogP contribution in [0.15, 0.2) is 42.9 Å². The number of halogens is 2. The number of benzene rings is 1. The molecular formula is C39H42F2N12O6. The standard InChI is InChI=1S/C39H42F2N12O6/c40-34(41)33-30(43-36(55)29-17-42-50-9-7-31(44-35(29)50)49-19-26-15-25(49)21-59-26)20-51(46-33)23-3-1-22(2-4-23)18-47-11-13-48(14-12-47)24-5-6-27-28(16-24)38(57)53(37(27)56)52-10-8-32(54)45-39(52)58/h5-7,9,16-17,20,22-23,25-26,34H,1-4,8,10-15,18-19,21H2,(H,43,55)(H,45,54,58)/t22?,23?,25-,26-/m1/s1. The lowest BCUT2D eigenvalue weighted by atomic mass is 9.85. The third-order valence-electron chi connectivity index (χ3n) is 12.6. The minimum atomic E-state index is -2.88. The van der Waals surface area contributed by atoms with Gasteiger partial charge in [-0.2, -0.15) is 15.2 Å². The highest BCUT2D eigenvalue weighted by Crippen LogP contribution is 2.37. The Morgan fingerprint density at radius 2 is 1.76 bits per heavy atom. The molecule has 6 amide bonds. The van der Waals surface area contributed by atoms with Crippen molar-refractivity contribution in [3.63, 3.8) is 0 Å². The molecule has 2 bridgehead atoms. The Hall–Kier alpha value is -6.02. The molecule has 0 spiro atoms. The van der Waals surface area contributed by atoms with Gasteiger partial charge in [0.25, 0.3) is 24.1 Å². The average molecular weight is 813 g/mol. The number of hydrogen-bond donors (Lipinski definition) is 2. The highest BCUT2D eigenvalue weighted by molar-refractivity contribution is 6.22. The molecule has 0 unspecified atom stereocenters. The van der Waals surface area contributed by atoms with E-state index in [-0.39, 0.29) is 53.5 Å². The Balaban J connectivity index is 0.732. The maximum absolute atomic E-state index is 14.3. The van der Waals surface area contributed by atoms with Gasteiger partial charge in [-0.3, -0.25) is 34.1 Å². The second kappa shape index (κ2) is 14.7. The Bertz CT molecular complexity index is 2370. The number of carbonyl (C=O) groups is 5. The summed E-state index contributed by atoms with van der Waals surface area (Å²) in [6, 6.07) is 6.34. The molecule has 6 aliphatic rings. The van der Waals surface area contributed by atoms with Crippen LogP contribution in [-0.4, -0.2) is 134 Å². The third-order valence-corrected chi connectivity index (χ3v) is 12.6. The SMILES string of the molecule is O=C1CCN(N2C(=O)c3ccc(N4CCN(CC5CCC(n6cc(NC(=O)c7cnn8ccc(N9C[C@H]%10C[C@@H]9CO%10)nc78)c(C(F)F)n6)CC5)CC4)cc3C2=O)C(=O)N1. The van der Waals surface area contributed by atoms with Gasteiger partial charge in [-0.05, 0) is 62.3 Å². The number of hydrazine groups is 1. The van der Waals surface area contributed by atoms with Crippen molar-refractivity contribution in [2.75, 3.05) is 67.5 Å². The number of fused-ring (bicyclic) bond motifs is 4. The van der Waals surface area contributed by atoms with E-state index in [0.29, 0.717) is 18.2 Å². The highest BCUT2D eigenvalue weighted by atomic mass is 19.3. The van der Waals surface area contributed by atoms with Crippen molar-refractivity contribution in [3.05, 3.63) is 65.2 Å². The van der Waals surface area contributed by atoms with Gasteiger partial charge in [-0.15, -0.1) is 0 Å². The maximum Gasteiger partial charge on any atom is 0.343 e. The first-order chi connectivity index (χ1) is 28.6. The number of rotatable bonds is 9. The number of ether oxygens (including phenoxy) is 1. The lowest BCUT2D eigenvalue weighted by Crippen LogP contribution is -2.58. The van der Waals surface area contributed by atoms with E-state index in [9.17, 15) is 32.8 Å². The average Bonchev–Trinajstić information content (AvgIpc) is 4.08. The Kier molecular flexibility index (Phi) is 9.26. The summed E-state index contributed by atoms with van der Waals surface area (Å²) in [7, 11) is 0. The quantitative estimate of drug-likeness (QED) is 0.236. The Morgan fingerprint density at radius 3 is 2.49 bits per heavy atom. The number of piperazine rings is 1. The number of amides is 6. The van der Waals surface area contributed by atoms with Crippen molar-refractivity contribution in [3.8, 4) is 0 Å². The van der Waals surface area contributed by atoms with E-state index in [1.54, 1.807) is 23.0 Å². The number of alkyl halides is 2. The minimum absolute atomic E-state index is 0.00695. The molecule has 4 saturated heterocycles. The van der Waals surface area contributed by atoms with E-state index in [0.717, 1.165) is 92.9 Å². The fraction of sp³-hybridized carbons (Fsp3) is 0.487. The van der Waals surface area contributed by atoms with Crippen molar-refractivity contribution in [1.29, 1.82) is 0 Å². The number of aromatic nitrogens is 5. The molecule has 3 aromatic heterocycles. The van der Waals surface area contributed by atoms with E-state index in [1.165, 1.54) is 16.9 Å². The lowest BCUT2D eigenvalue weighted by Gasteiger charge is -2.39. The van der Waals surface area contributed by atoms with Gasteiger partial charge in [0.2, 0.25) is 5.91 Å². The van der Waals surface area contributed by atoms with Gasteiger partial charge in [0, 0.05) is 63.8 Å². The van der Waals surface area contributed by atoms with E-state index >= 15 is 0 Å². The van der Waals surface area contributed by atoms with Gasteiger partial charge in [-0.25, -0.2) is 28.1 Å². The molecular weight excluding hydrogens is 771 g/mol. The third kappa shape index (κ3) is 6.72. The van der Waals surface area contributed by atoms with Gasteiger partial charge in [0.15, 0.2) is 11.3 Å². The summed E-state index contributed by atoms with van der Waals surface area (Å²) in [5.41, 5.74) is 1.27. The van der Waals surface area contributed by atoms with Crippen LogP contribution in [0.25, 0.3) is 5.65 Å². The van der Waals surface area contributed by atoms with Crippen LogP contribution >= 0.6 is 0 Å². The summed E-state index contributed by atoms with van der Waals surface area (Å²) in [5.74, 6) is -1.09. The smallest absolute Gasteiger partial charge is 0.343 e. The molecule has 0 radical (unpaired) electrons. The molecule has 20 heteroatoms. The monoisotopic (exact) mass is 812 g/mol. The Morgan fingerprint density at radius 1 is 0.966 bits per heavy atom. The van der Waals surface area contributed by atoms with Crippen LogP contribution in [0.5, 0.6) is 0 Å². The number of imide groups is 2. The zero-order valence-corrected chi connectivity index (χ0v) is 32.0. The highest BCUT2D eigenvalue weighted by Gasteiger charge is 2.44. The summed E-state index contributed by atoms with van der Waals surface area (Å²) >= 11 is 0. The number of nitrogens with one attached hydrogen (secondary N) is 2. The summed E-state index contributed by atoms with van der Waals surface area (Å²) < 4.78 is 37.3. The normalized spacial score (nSPS) is 24.9. The van der Waals surface area contributed by atoms with Crippen molar-refractivity contribution in [1.82, 2.24) is 44.6 Å². The topological polar surface area (TPSA) is 183 Å². The fourth-order valence-electron chi connectivity index (χ4n) is 9.42. The van der Waals surface area contributed by atoms with Gasteiger partial charge >= 0.3 is 6.03 Å². The fourth-order valence-corrected chi connectivity index (χ4v) is 9.42. The first-order valence-corrected chi connectivity index (χ1v) is 20.1. The molecule has 18 nitrogen and oxygen atoms in total. The molecule has 4 aromatic rings. The van der Waals surface area contributed by atoms with Crippen molar-refractivity contribution < 1.29 is 37.5 Å². The van der Waals surface area contributed by atoms with Gasteiger partial charge in [0.05, 0.1) is 54.4 Å². The molecule has 1 aromatic carbocycles. The first-order valence-electron chi connectivity index (χ1n) is 20.1. The van der Waals surface area contributed by atoms with E-state index < -0.39 is 41.8 Å². The van der Waals surface area contributed by atoms with Gasteiger partial charge in [-0.1, -0.05) is 0 Å². The van der Waals surface area contributed by atoms with Crippen LogP contribution < -0.4 is 20.4 Å². The second-order valence-corrected chi connectivity index (χ2v) is 16.1. The summed E-state index contributed by atoms with van der Waals surface area (Å²) in [4.78, 5) is 75.4. The number of nitrogens with zero attached hydrogens (tertiary/aromatic N) is 10. The largest absolute Gasteiger partial charge is 0.374 e.